The van der Waals surface area contributed by atoms with Gasteiger partial charge in [0.25, 0.3) is 6.43 Å². The Kier molecular flexibility index (Phi) is 3.76. The molecule has 0 unspecified atom stereocenters. The minimum absolute atomic E-state index is 0.253. The fraction of sp³-hybridized carbons (Fsp3) is 0.300. The molecule has 0 bridgehead atoms. The molecule has 88 valence electrons. The number of alkyl halides is 2. The lowest BCUT2D eigenvalue weighted by atomic mass is 10.2. The quantitative estimate of drug-likeness (QED) is 0.835. The Morgan fingerprint density at radius 1 is 1.38 bits per heavy atom. The van der Waals surface area contributed by atoms with E-state index in [1.165, 1.54) is 31.1 Å². The highest BCUT2D eigenvalue weighted by atomic mass is 19.3. The minimum Gasteiger partial charge on any atom is -0.331 e. The maximum atomic E-state index is 13.4. The summed E-state index contributed by atoms with van der Waals surface area (Å²) in [5.41, 5.74) is -0.979. The first-order valence-corrected chi connectivity index (χ1v) is 4.48. The van der Waals surface area contributed by atoms with E-state index >= 15 is 0 Å². The first kappa shape index (κ1) is 12.4. The lowest BCUT2D eigenvalue weighted by molar-refractivity contribution is 0.146. The van der Waals surface area contributed by atoms with Crippen LogP contribution in [0.3, 0.4) is 0 Å². The number of nitrogens with one attached hydrogen (secondary N) is 1. The first-order chi connectivity index (χ1) is 7.43. The number of amides is 2. The molecule has 0 aliphatic heterocycles. The summed E-state index contributed by atoms with van der Waals surface area (Å²) < 4.78 is 38.1. The maximum Gasteiger partial charge on any atom is 0.321 e. The molecule has 0 saturated carbocycles. The fourth-order valence-electron chi connectivity index (χ4n) is 1.04. The van der Waals surface area contributed by atoms with Gasteiger partial charge in [-0.1, -0.05) is 12.1 Å². The molecule has 6 heteroatoms. The maximum absolute atomic E-state index is 13.4. The lowest BCUT2D eigenvalue weighted by Crippen LogP contribution is -2.27. The van der Waals surface area contributed by atoms with Crippen LogP contribution in [0.4, 0.5) is 23.7 Å². The third kappa shape index (κ3) is 2.65. The largest absolute Gasteiger partial charge is 0.331 e. The van der Waals surface area contributed by atoms with Gasteiger partial charge in [-0.2, -0.15) is 0 Å². The van der Waals surface area contributed by atoms with Gasteiger partial charge in [0.05, 0.1) is 11.3 Å². The van der Waals surface area contributed by atoms with Crippen LogP contribution in [0.2, 0.25) is 0 Å². The second kappa shape index (κ2) is 4.87. The molecule has 0 atom stereocenters. The summed E-state index contributed by atoms with van der Waals surface area (Å²) >= 11 is 0. The van der Waals surface area contributed by atoms with E-state index in [1.54, 1.807) is 0 Å². The zero-order valence-electron chi connectivity index (χ0n) is 8.80. The van der Waals surface area contributed by atoms with Crippen molar-refractivity contribution in [2.75, 3.05) is 19.4 Å². The normalized spacial score (nSPS) is 10.4. The third-order valence-corrected chi connectivity index (χ3v) is 1.91. The summed E-state index contributed by atoms with van der Waals surface area (Å²) in [4.78, 5) is 12.4. The minimum atomic E-state index is -2.91. The van der Waals surface area contributed by atoms with Crippen LogP contribution >= 0.6 is 0 Å². The van der Waals surface area contributed by atoms with Gasteiger partial charge in [-0.3, -0.25) is 0 Å². The van der Waals surface area contributed by atoms with Crippen LogP contribution in [0, 0.1) is 5.82 Å². The van der Waals surface area contributed by atoms with E-state index < -0.39 is 23.8 Å². The topological polar surface area (TPSA) is 32.3 Å². The number of halogens is 3. The SMILES string of the molecule is CN(C)C(=O)Nc1cccc(C(F)F)c1F. The summed E-state index contributed by atoms with van der Waals surface area (Å²) in [6, 6.07) is 2.88. The van der Waals surface area contributed by atoms with Crippen molar-refractivity contribution in [3.05, 3.63) is 29.6 Å². The van der Waals surface area contributed by atoms with Gasteiger partial charge in [0, 0.05) is 14.1 Å². The van der Waals surface area contributed by atoms with Gasteiger partial charge in [-0.25, -0.2) is 18.0 Å². The number of hydrogen-bond acceptors (Lipinski definition) is 1. The predicted molar refractivity (Wildman–Crippen MR) is 54.1 cm³/mol. The van der Waals surface area contributed by atoms with Gasteiger partial charge in [0.1, 0.15) is 0 Å². The molecule has 1 aromatic carbocycles. The van der Waals surface area contributed by atoms with E-state index in [-0.39, 0.29) is 5.69 Å². The van der Waals surface area contributed by atoms with Crippen LogP contribution in [0.25, 0.3) is 0 Å². The molecule has 1 aromatic rings. The zero-order chi connectivity index (χ0) is 12.3. The van der Waals surface area contributed by atoms with Gasteiger partial charge in [-0.05, 0) is 6.07 Å². The molecule has 0 spiro atoms. The molecule has 0 aliphatic rings. The average molecular weight is 232 g/mol. The molecular formula is C10H11F3N2O. The van der Waals surface area contributed by atoms with Crippen molar-refractivity contribution >= 4 is 11.7 Å². The number of nitrogens with zero attached hydrogens (tertiary/aromatic N) is 1. The van der Waals surface area contributed by atoms with Crippen molar-refractivity contribution in [2.45, 2.75) is 6.43 Å². The molecule has 1 rings (SSSR count). The van der Waals surface area contributed by atoms with Crippen LogP contribution < -0.4 is 5.32 Å². The van der Waals surface area contributed by atoms with Crippen molar-refractivity contribution in [2.24, 2.45) is 0 Å². The monoisotopic (exact) mass is 232 g/mol. The highest BCUT2D eigenvalue weighted by Gasteiger charge is 2.17. The molecule has 0 fully saturated rings. The smallest absolute Gasteiger partial charge is 0.321 e. The van der Waals surface area contributed by atoms with Gasteiger partial charge in [-0.15, -0.1) is 0 Å². The highest BCUT2D eigenvalue weighted by molar-refractivity contribution is 5.89. The first-order valence-electron chi connectivity index (χ1n) is 4.48. The Labute approximate surface area is 90.9 Å². The van der Waals surface area contributed by atoms with Crippen molar-refractivity contribution in [3.63, 3.8) is 0 Å². The Bertz CT molecular complexity index is 394. The Morgan fingerprint density at radius 3 is 2.50 bits per heavy atom. The van der Waals surface area contributed by atoms with Gasteiger partial charge < -0.3 is 10.2 Å². The number of benzene rings is 1. The number of anilines is 1. The fourth-order valence-corrected chi connectivity index (χ4v) is 1.04. The molecule has 0 aliphatic carbocycles. The van der Waals surface area contributed by atoms with Gasteiger partial charge >= 0.3 is 6.03 Å². The van der Waals surface area contributed by atoms with Crippen LogP contribution in [-0.4, -0.2) is 25.0 Å². The van der Waals surface area contributed by atoms with E-state index in [0.717, 1.165) is 6.07 Å². The predicted octanol–water partition coefficient (Wildman–Crippen LogP) is 2.86. The van der Waals surface area contributed by atoms with Gasteiger partial charge in [0.15, 0.2) is 5.82 Å². The van der Waals surface area contributed by atoms with Crippen molar-refractivity contribution in [3.8, 4) is 0 Å². The van der Waals surface area contributed by atoms with Crippen LogP contribution in [0.1, 0.15) is 12.0 Å². The highest BCUT2D eigenvalue weighted by Crippen LogP contribution is 2.26. The summed E-state index contributed by atoms with van der Waals surface area (Å²) in [6.45, 7) is 0. The number of carbonyl (C=O) groups excluding carboxylic acids is 1. The number of carbonyl (C=O) groups is 1. The molecule has 0 aromatic heterocycles. The molecule has 2 amide bonds. The summed E-state index contributed by atoms with van der Waals surface area (Å²) in [6.07, 6.45) is -2.91. The van der Waals surface area contributed by atoms with Crippen molar-refractivity contribution in [1.82, 2.24) is 4.90 Å². The summed E-state index contributed by atoms with van der Waals surface area (Å²) in [5.74, 6) is -1.10. The standard InChI is InChI=1S/C10H11F3N2O/c1-15(2)10(16)14-7-5-3-4-6(8(7)11)9(12)13/h3-5,9H,1-2H3,(H,14,16). The Balaban J connectivity index is 2.98. The average Bonchev–Trinajstić information content (AvgIpc) is 2.20. The van der Waals surface area contributed by atoms with Gasteiger partial charge in [0.2, 0.25) is 0 Å². The Morgan fingerprint density at radius 2 is 2.00 bits per heavy atom. The lowest BCUT2D eigenvalue weighted by Gasteiger charge is -2.13. The second-order valence-corrected chi connectivity index (χ2v) is 3.33. The summed E-state index contributed by atoms with van der Waals surface area (Å²) in [5, 5.41) is 2.18. The van der Waals surface area contributed by atoms with Crippen molar-refractivity contribution < 1.29 is 18.0 Å². The van der Waals surface area contributed by atoms with Crippen LogP contribution in [-0.2, 0) is 0 Å². The number of urea groups is 1. The molecule has 0 saturated heterocycles. The molecule has 16 heavy (non-hydrogen) atoms. The molecule has 1 N–H and O–H groups in total. The zero-order valence-corrected chi connectivity index (χ0v) is 8.80. The van der Waals surface area contributed by atoms with Crippen LogP contribution in [0.5, 0.6) is 0 Å². The van der Waals surface area contributed by atoms with E-state index in [9.17, 15) is 18.0 Å². The van der Waals surface area contributed by atoms with E-state index in [0.29, 0.717) is 0 Å². The van der Waals surface area contributed by atoms with E-state index in [4.69, 9.17) is 0 Å². The molecular weight excluding hydrogens is 221 g/mol. The Hall–Kier alpha value is -1.72. The van der Waals surface area contributed by atoms with E-state index in [2.05, 4.69) is 5.32 Å². The van der Waals surface area contributed by atoms with Crippen molar-refractivity contribution in [1.29, 1.82) is 0 Å². The number of rotatable bonds is 2. The molecule has 3 nitrogen and oxygen atoms in total. The van der Waals surface area contributed by atoms with E-state index in [1.807, 2.05) is 0 Å². The summed E-state index contributed by atoms with van der Waals surface area (Å²) in [7, 11) is 2.93. The second-order valence-electron chi connectivity index (χ2n) is 3.33. The third-order valence-electron chi connectivity index (χ3n) is 1.91. The van der Waals surface area contributed by atoms with Crippen LogP contribution in [0.15, 0.2) is 18.2 Å². The molecule has 0 radical (unpaired) electrons. The number of hydrogen-bond donors (Lipinski definition) is 1. The molecule has 0 heterocycles.